The lowest BCUT2D eigenvalue weighted by atomic mass is 10.0. The summed E-state index contributed by atoms with van der Waals surface area (Å²) in [6.45, 7) is 1.67. The van der Waals surface area contributed by atoms with Gasteiger partial charge in [-0.15, -0.1) is 0 Å². The van der Waals surface area contributed by atoms with E-state index in [0.29, 0.717) is 16.8 Å². The molecule has 1 aromatic carbocycles. The fourth-order valence-corrected chi connectivity index (χ4v) is 1.55. The number of pyridine rings is 1. The Hall–Kier alpha value is -1.74. The van der Waals surface area contributed by atoms with Crippen LogP contribution >= 0.6 is 0 Å². The Labute approximate surface area is 93.4 Å². The highest BCUT2D eigenvalue weighted by molar-refractivity contribution is 5.30. The van der Waals surface area contributed by atoms with Crippen LogP contribution in [0.5, 0.6) is 0 Å². The van der Waals surface area contributed by atoms with Gasteiger partial charge in [0.05, 0.1) is 5.69 Å². The van der Waals surface area contributed by atoms with Gasteiger partial charge in [-0.1, -0.05) is 18.2 Å². The lowest BCUT2D eigenvalue weighted by molar-refractivity contribution is 0.215. The first-order valence-corrected chi connectivity index (χ1v) is 5.03. The standard InChI is InChI=1S/C13H12FNO/c1-9-8-10(5-6-11(9)14)13(16)12-4-2-3-7-15-12/h2-8,13,16H,1H3/t13-/m1/s1. The van der Waals surface area contributed by atoms with E-state index in [1.807, 2.05) is 6.07 Å². The quantitative estimate of drug-likeness (QED) is 0.838. The number of nitrogens with zero attached hydrogens (tertiary/aromatic N) is 1. The Balaban J connectivity index is 2.34. The number of aliphatic hydroxyl groups is 1. The summed E-state index contributed by atoms with van der Waals surface area (Å²) >= 11 is 0. The van der Waals surface area contributed by atoms with Crippen LogP contribution in [-0.2, 0) is 0 Å². The summed E-state index contributed by atoms with van der Waals surface area (Å²) in [5.41, 5.74) is 1.73. The molecule has 1 atom stereocenters. The molecule has 0 unspecified atom stereocenters. The monoisotopic (exact) mass is 217 g/mol. The van der Waals surface area contributed by atoms with Gasteiger partial charge in [0.25, 0.3) is 0 Å². The lowest BCUT2D eigenvalue weighted by Crippen LogP contribution is -2.02. The molecule has 2 nitrogen and oxygen atoms in total. The van der Waals surface area contributed by atoms with Crippen molar-refractivity contribution in [1.82, 2.24) is 4.98 Å². The minimum Gasteiger partial charge on any atom is -0.382 e. The largest absolute Gasteiger partial charge is 0.382 e. The molecule has 2 rings (SSSR count). The molecule has 0 aliphatic heterocycles. The van der Waals surface area contributed by atoms with Crippen LogP contribution in [0.25, 0.3) is 0 Å². The van der Waals surface area contributed by atoms with Crippen molar-refractivity contribution < 1.29 is 9.50 Å². The van der Waals surface area contributed by atoms with Crippen LogP contribution in [0.15, 0.2) is 42.6 Å². The first-order valence-electron chi connectivity index (χ1n) is 5.03. The zero-order chi connectivity index (χ0) is 11.5. The predicted molar refractivity (Wildman–Crippen MR) is 59.4 cm³/mol. The summed E-state index contributed by atoms with van der Waals surface area (Å²) in [5.74, 6) is -0.267. The molecule has 1 aromatic heterocycles. The van der Waals surface area contributed by atoms with E-state index in [9.17, 15) is 9.50 Å². The molecule has 1 heterocycles. The van der Waals surface area contributed by atoms with Gasteiger partial charge in [-0.3, -0.25) is 4.98 Å². The zero-order valence-electron chi connectivity index (χ0n) is 8.89. The van der Waals surface area contributed by atoms with E-state index in [1.165, 1.54) is 6.07 Å². The number of halogens is 1. The van der Waals surface area contributed by atoms with Crippen molar-refractivity contribution in [3.63, 3.8) is 0 Å². The van der Waals surface area contributed by atoms with Crippen LogP contribution in [0.3, 0.4) is 0 Å². The molecule has 0 fully saturated rings. The van der Waals surface area contributed by atoms with Crippen molar-refractivity contribution >= 4 is 0 Å². The first kappa shape index (κ1) is 10.8. The van der Waals surface area contributed by atoms with Gasteiger partial charge in [0.15, 0.2) is 0 Å². The molecular weight excluding hydrogens is 205 g/mol. The maximum Gasteiger partial charge on any atom is 0.126 e. The second kappa shape index (κ2) is 4.41. The average molecular weight is 217 g/mol. The zero-order valence-corrected chi connectivity index (χ0v) is 8.89. The maximum atomic E-state index is 13.1. The number of hydrogen-bond acceptors (Lipinski definition) is 2. The van der Waals surface area contributed by atoms with Crippen LogP contribution in [0.1, 0.15) is 22.9 Å². The molecule has 0 amide bonds. The third kappa shape index (κ3) is 2.09. The Morgan fingerprint density at radius 2 is 2.06 bits per heavy atom. The van der Waals surface area contributed by atoms with Gasteiger partial charge in [0.2, 0.25) is 0 Å². The second-order valence-corrected chi connectivity index (χ2v) is 3.67. The molecular formula is C13H12FNO. The van der Waals surface area contributed by atoms with Gasteiger partial charge in [-0.05, 0) is 36.2 Å². The van der Waals surface area contributed by atoms with Gasteiger partial charge in [0.1, 0.15) is 11.9 Å². The molecule has 0 bridgehead atoms. The predicted octanol–water partition coefficient (Wildman–Crippen LogP) is 2.61. The molecule has 0 radical (unpaired) electrons. The number of aryl methyl sites for hydroxylation is 1. The number of rotatable bonds is 2. The van der Waals surface area contributed by atoms with Gasteiger partial charge < -0.3 is 5.11 Å². The number of benzene rings is 1. The minimum atomic E-state index is -0.805. The molecule has 2 aromatic rings. The van der Waals surface area contributed by atoms with Gasteiger partial charge in [-0.2, -0.15) is 0 Å². The highest BCUT2D eigenvalue weighted by atomic mass is 19.1. The van der Waals surface area contributed by atoms with Crippen molar-refractivity contribution in [2.24, 2.45) is 0 Å². The number of aliphatic hydroxyl groups excluding tert-OH is 1. The smallest absolute Gasteiger partial charge is 0.126 e. The van der Waals surface area contributed by atoms with Gasteiger partial charge in [0, 0.05) is 6.20 Å². The number of hydrogen-bond donors (Lipinski definition) is 1. The van der Waals surface area contributed by atoms with E-state index in [0.717, 1.165) is 0 Å². The molecule has 82 valence electrons. The molecule has 0 saturated heterocycles. The lowest BCUT2D eigenvalue weighted by Gasteiger charge is -2.11. The minimum absolute atomic E-state index is 0.267. The van der Waals surface area contributed by atoms with Gasteiger partial charge >= 0.3 is 0 Å². The van der Waals surface area contributed by atoms with E-state index in [4.69, 9.17) is 0 Å². The van der Waals surface area contributed by atoms with E-state index in [-0.39, 0.29) is 5.82 Å². The van der Waals surface area contributed by atoms with E-state index < -0.39 is 6.10 Å². The van der Waals surface area contributed by atoms with Crippen LogP contribution in [0.2, 0.25) is 0 Å². The molecule has 0 spiro atoms. The molecule has 1 N–H and O–H groups in total. The first-order chi connectivity index (χ1) is 7.68. The fraction of sp³-hybridized carbons (Fsp3) is 0.154. The van der Waals surface area contributed by atoms with E-state index in [1.54, 1.807) is 37.4 Å². The Bertz CT molecular complexity index is 485. The molecule has 16 heavy (non-hydrogen) atoms. The average Bonchev–Trinajstić information content (AvgIpc) is 2.33. The second-order valence-electron chi connectivity index (χ2n) is 3.67. The Morgan fingerprint density at radius 1 is 1.25 bits per heavy atom. The summed E-state index contributed by atoms with van der Waals surface area (Å²) in [4.78, 5) is 4.06. The summed E-state index contributed by atoms with van der Waals surface area (Å²) in [6.07, 6.45) is 0.815. The Kier molecular flexibility index (Phi) is 2.97. The van der Waals surface area contributed by atoms with Crippen LogP contribution in [-0.4, -0.2) is 10.1 Å². The Morgan fingerprint density at radius 3 is 2.69 bits per heavy atom. The summed E-state index contributed by atoms with van der Waals surface area (Å²) < 4.78 is 13.1. The summed E-state index contributed by atoms with van der Waals surface area (Å²) in [5, 5.41) is 10.0. The van der Waals surface area contributed by atoms with Crippen molar-refractivity contribution in [3.05, 3.63) is 65.2 Å². The fourth-order valence-electron chi connectivity index (χ4n) is 1.55. The van der Waals surface area contributed by atoms with Crippen molar-refractivity contribution in [1.29, 1.82) is 0 Å². The number of aromatic nitrogens is 1. The van der Waals surface area contributed by atoms with Gasteiger partial charge in [-0.25, -0.2) is 4.39 Å². The SMILES string of the molecule is Cc1cc([C@@H](O)c2ccccn2)ccc1F. The molecule has 3 heteroatoms. The highest BCUT2D eigenvalue weighted by Crippen LogP contribution is 2.21. The normalized spacial score (nSPS) is 12.4. The van der Waals surface area contributed by atoms with Crippen LogP contribution < -0.4 is 0 Å². The van der Waals surface area contributed by atoms with Crippen LogP contribution in [0.4, 0.5) is 4.39 Å². The van der Waals surface area contributed by atoms with E-state index >= 15 is 0 Å². The van der Waals surface area contributed by atoms with Crippen molar-refractivity contribution in [2.75, 3.05) is 0 Å². The van der Waals surface area contributed by atoms with Crippen molar-refractivity contribution in [2.45, 2.75) is 13.0 Å². The summed E-state index contributed by atoms with van der Waals surface area (Å²) in [6, 6.07) is 9.89. The third-order valence-electron chi connectivity index (χ3n) is 2.47. The highest BCUT2D eigenvalue weighted by Gasteiger charge is 2.12. The molecule has 0 aliphatic rings. The maximum absolute atomic E-state index is 13.1. The summed E-state index contributed by atoms with van der Waals surface area (Å²) in [7, 11) is 0. The van der Waals surface area contributed by atoms with Crippen LogP contribution in [0, 0.1) is 12.7 Å². The molecule has 0 saturated carbocycles. The topological polar surface area (TPSA) is 33.1 Å². The van der Waals surface area contributed by atoms with E-state index in [2.05, 4.69) is 4.98 Å². The third-order valence-corrected chi connectivity index (χ3v) is 2.47. The molecule has 0 aliphatic carbocycles. The van der Waals surface area contributed by atoms with Crippen molar-refractivity contribution in [3.8, 4) is 0 Å².